The van der Waals surface area contributed by atoms with E-state index in [0.29, 0.717) is 46.5 Å². The number of ether oxygens (including phenoxy) is 6. The smallest absolute Gasteiger partial charge is 0.203 e. The fraction of sp³-hybridized carbons (Fsp3) is 0.421. The van der Waals surface area contributed by atoms with E-state index in [-0.39, 0.29) is 0 Å². The molecule has 0 N–H and O–H groups in total. The van der Waals surface area contributed by atoms with Crippen LogP contribution in [0.1, 0.15) is 31.4 Å². The second kappa shape index (κ2) is 16.0. The molecule has 2 aromatic heterocycles. The van der Waals surface area contributed by atoms with Crippen LogP contribution < -0.4 is 28.4 Å². The highest BCUT2D eigenvalue weighted by Crippen LogP contribution is 2.42. The van der Waals surface area contributed by atoms with Crippen LogP contribution >= 0.6 is 0 Å². The van der Waals surface area contributed by atoms with E-state index in [1.54, 1.807) is 42.7 Å². The van der Waals surface area contributed by atoms with Gasteiger partial charge in [0.25, 0.3) is 0 Å². The summed E-state index contributed by atoms with van der Waals surface area (Å²) in [7, 11) is 9.73. The van der Waals surface area contributed by atoms with E-state index in [1.165, 1.54) is 11.1 Å². The Balaban J connectivity index is 1.32. The lowest BCUT2D eigenvalue weighted by molar-refractivity contribution is 0.0353. The normalized spacial score (nSPS) is 15.9. The van der Waals surface area contributed by atoms with Crippen LogP contribution in [0, 0.1) is 5.92 Å². The fourth-order valence-corrected chi connectivity index (χ4v) is 6.47. The molecule has 2 aromatic carbocycles. The lowest BCUT2D eigenvalue weighted by Crippen LogP contribution is -2.54. The standard InChI is InChI=1S/C38H48N4O6/c1-9-25(2)32-24-41(22-26-10-12-39-30(16-26)28-18-33(43-3)37(47-7)34(19-28)44-4)14-15-42(32)23-27-11-13-40-31(17-27)29-20-35(45-5)38(48-8)36(21-29)46-6/h10-13,16-21,25,32H,9,14-15,22-24H2,1-8H3/t25?,32-/m1/s1. The number of methoxy groups -OCH3 is 6. The highest BCUT2D eigenvalue weighted by Gasteiger charge is 2.30. The van der Waals surface area contributed by atoms with Gasteiger partial charge in [0.2, 0.25) is 11.5 Å². The number of pyridine rings is 2. The molecule has 0 bridgehead atoms. The van der Waals surface area contributed by atoms with Crippen molar-refractivity contribution in [2.24, 2.45) is 5.92 Å². The van der Waals surface area contributed by atoms with E-state index in [2.05, 4.69) is 52.9 Å². The maximum Gasteiger partial charge on any atom is 0.203 e. The molecule has 10 nitrogen and oxygen atoms in total. The molecule has 10 heteroatoms. The van der Waals surface area contributed by atoms with Crippen molar-refractivity contribution < 1.29 is 28.4 Å². The average Bonchev–Trinajstić information content (AvgIpc) is 3.13. The lowest BCUT2D eigenvalue weighted by Gasteiger charge is -2.44. The number of rotatable bonds is 14. The minimum absolute atomic E-state index is 0.415. The summed E-state index contributed by atoms with van der Waals surface area (Å²) in [6.45, 7) is 9.28. The summed E-state index contributed by atoms with van der Waals surface area (Å²) in [4.78, 5) is 14.6. The maximum atomic E-state index is 5.59. The Morgan fingerprint density at radius 2 is 1.10 bits per heavy atom. The van der Waals surface area contributed by atoms with Crippen LogP contribution in [0.3, 0.4) is 0 Å². The third-order valence-corrected chi connectivity index (χ3v) is 9.28. The Kier molecular flexibility index (Phi) is 11.6. The molecule has 5 rings (SSSR count). The summed E-state index contributed by atoms with van der Waals surface area (Å²) in [5, 5.41) is 0. The highest BCUT2D eigenvalue weighted by atomic mass is 16.5. The maximum absolute atomic E-state index is 5.59. The molecule has 1 aliphatic rings. The van der Waals surface area contributed by atoms with Crippen LogP contribution in [0.5, 0.6) is 34.5 Å². The number of hydrogen-bond acceptors (Lipinski definition) is 10. The zero-order chi connectivity index (χ0) is 34.2. The van der Waals surface area contributed by atoms with Gasteiger partial charge in [-0.1, -0.05) is 20.3 Å². The third kappa shape index (κ3) is 7.61. The molecule has 0 amide bonds. The fourth-order valence-electron chi connectivity index (χ4n) is 6.47. The first-order valence-electron chi connectivity index (χ1n) is 16.3. The zero-order valence-corrected chi connectivity index (χ0v) is 29.4. The molecular formula is C38H48N4O6. The van der Waals surface area contributed by atoms with E-state index in [4.69, 9.17) is 33.4 Å². The van der Waals surface area contributed by atoms with Crippen LogP contribution in [0.4, 0.5) is 0 Å². The largest absolute Gasteiger partial charge is 0.493 e. The first-order chi connectivity index (χ1) is 23.3. The topological polar surface area (TPSA) is 87.6 Å². The molecule has 3 heterocycles. The predicted octanol–water partition coefficient (Wildman–Crippen LogP) is 6.59. The Morgan fingerprint density at radius 3 is 1.52 bits per heavy atom. The summed E-state index contributed by atoms with van der Waals surface area (Å²) >= 11 is 0. The van der Waals surface area contributed by atoms with E-state index in [0.717, 1.165) is 61.7 Å². The molecule has 48 heavy (non-hydrogen) atoms. The molecule has 2 atom stereocenters. The Bertz CT molecular complexity index is 1630. The minimum atomic E-state index is 0.415. The van der Waals surface area contributed by atoms with Crippen molar-refractivity contribution in [2.45, 2.75) is 39.4 Å². The van der Waals surface area contributed by atoms with Gasteiger partial charge in [0, 0.05) is 62.3 Å². The van der Waals surface area contributed by atoms with Crippen LogP contribution in [-0.2, 0) is 13.1 Å². The molecule has 4 aromatic rings. The molecule has 1 unspecified atom stereocenters. The number of piperazine rings is 1. The van der Waals surface area contributed by atoms with Crippen molar-refractivity contribution in [1.29, 1.82) is 0 Å². The molecule has 1 fully saturated rings. The first kappa shape index (κ1) is 34.8. The second-order valence-electron chi connectivity index (χ2n) is 12.1. The molecule has 256 valence electrons. The summed E-state index contributed by atoms with van der Waals surface area (Å²) in [6.07, 6.45) is 4.88. The van der Waals surface area contributed by atoms with Gasteiger partial charge in [-0.05, 0) is 65.6 Å². The van der Waals surface area contributed by atoms with Crippen molar-refractivity contribution in [2.75, 3.05) is 62.3 Å². The lowest BCUT2D eigenvalue weighted by atomic mass is 9.94. The van der Waals surface area contributed by atoms with Crippen molar-refractivity contribution >= 4 is 0 Å². The van der Waals surface area contributed by atoms with Gasteiger partial charge in [-0.15, -0.1) is 0 Å². The Labute approximate surface area is 284 Å². The van der Waals surface area contributed by atoms with Gasteiger partial charge in [0.1, 0.15) is 0 Å². The van der Waals surface area contributed by atoms with Crippen LogP contribution in [-0.4, -0.2) is 88.1 Å². The van der Waals surface area contributed by atoms with E-state index in [9.17, 15) is 0 Å². The molecule has 1 saturated heterocycles. The molecule has 1 aliphatic heterocycles. The van der Waals surface area contributed by atoms with Gasteiger partial charge >= 0.3 is 0 Å². The van der Waals surface area contributed by atoms with Crippen LogP contribution in [0.15, 0.2) is 60.9 Å². The van der Waals surface area contributed by atoms with E-state index < -0.39 is 0 Å². The highest BCUT2D eigenvalue weighted by molar-refractivity contribution is 5.70. The number of benzene rings is 2. The van der Waals surface area contributed by atoms with Gasteiger partial charge in [-0.2, -0.15) is 0 Å². The molecule has 0 aliphatic carbocycles. The number of hydrogen-bond donors (Lipinski definition) is 0. The van der Waals surface area contributed by atoms with Crippen LogP contribution in [0.25, 0.3) is 22.5 Å². The average molecular weight is 657 g/mol. The Morgan fingerprint density at radius 1 is 0.646 bits per heavy atom. The van der Waals surface area contributed by atoms with Gasteiger partial charge in [-0.25, -0.2) is 0 Å². The summed E-state index contributed by atoms with van der Waals surface area (Å²) in [5.74, 6) is 4.11. The first-order valence-corrected chi connectivity index (χ1v) is 16.3. The van der Waals surface area contributed by atoms with Gasteiger partial charge < -0.3 is 28.4 Å². The quantitative estimate of drug-likeness (QED) is 0.148. The molecular weight excluding hydrogens is 608 g/mol. The molecule has 0 radical (unpaired) electrons. The molecule has 0 spiro atoms. The van der Waals surface area contributed by atoms with E-state index >= 15 is 0 Å². The monoisotopic (exact) mass is 656 g/mol. The summed E-state index contributed by atoms with van der Waals surface area (Å²) in [5.41, 5.74) is 6.00. The van der Waals surface area contributed by atoms with Gasteiger partial charge in [0.15, 0.2) is 23.0 Å². The zero-order valence-electron chi connectivity index (χ0n) is 29.4. The second-order valence-corrected chi connectivity index (χ2v) is 12.1. The molecule has 0 saturated carbocycles. The van der Waals surface area contributed by atoms with Gasteiger partial charge in [-0.3, -0.25) is 19.8 Å². The van der Waals surface area contributed by atoms with Crippen molar-refractivity contribution in [3.63, 3.8) is 0 Å². The van der Waals surface area contributed by atoms with Gasteiger partial charge in [0.05, 0.1) is 54.0 Å². The number of aromatic nitrogens is 2. The summed E-state index contributed by atoms with van der Waals surface area (Å²) < 4.78 is 33.4. The van der Waals surface area contributed by atoms with Crippen molar-refractivity contribution in [3.05, 3.63) is 72.1 Å². The SMILES string of the molecule is CCC(C)[C@H]1CN(Cc2ccnc(-c3cc(OC)c(OC)c(OC)c3)c2)CCN1Cc1ccnc(-c2cc(OC)c(OC)c(OC)c2)c1. The summed E-state index contributed by atoms with van der Waals surface area (Å²) in [6, 6.07) is 16.7. The Hall–Kier alpha value is -4.54. The third-order valence-electron chi connectivity index (χ3n) is 9.28. The minimum Gasteiger partial charge on any atom is -0.493 e. The van der Waals surface area contributed by atoms with Crippen molar-refractivity contribution in [1.82, 2.24) is 19.8 Å². The number of nitrogens with zero attached hydrogens (tertiary/aromatic N) is 4. The van der Waals surface area contributed by atoms with Crippen molar-refractivity contribution in [3.8, 4) is 57.0 Å². The predicted molar refractivity (Wildman–Crippen MR) is 188 cm³/mol. The van der Waals surface area contributed by atoms with E-state index in [1.807, 2.05) is 36.7 Å². The van der Waals surface area contributed by atoms with Crippen LogP contribution in [0.2, 0.25) is 0 Å².